The van der Waals surface area contributed by atoms with Crippen LogP contribution in [0.5, 0.6) is 0 Å². The Hall–Kier alpha value is -2.08. The van der Waals surface area contributed by atoms with Gasteiger partial charge in [0.25, 0.3) is 0 Å². The molecule has 0 bridgehead atoms. The van der Waals surface area contributed by atoms with Crippen LogP contribution in [0.1, 0.15) is 18.5 Å². The van der Waals surface area contributed by atoms with E-state index in [-0.39, 0.29) is 16.2 Å². The summed E-state index contributed by atoms with van der Waals surface area (Å²) >= 11 is 5.99. The van der Waals surface area contributed by atoms with E-state index in [0.29, 0.717) is 5.70 Å². The van der Waals surface area contributed by atoms with E-state index in [2.05, 4.69) is 15.4 Å². The van der Waals surface area contributed by atoms with E-state index in [9.17, 15) is 14.0 Å². The molecule has 0 saturated carbocycles. The zero-order chi connectivity index (χ0) is 14.9. The molecule has 1 aromatic rings. The van der Waals surface area contributed by atoms with Crippen molar-refractivity contribution in [2.24, 2.45) is 0 Å². The van der Waals surface area contributed by atoms with Gasteiger partial charge in [0.2, 0.25) is 0 Å². The topological polar surface area (TPSA) is 67.4 Å². The molecule has 0 fully saturated rings. The van der Waals surface area contributed by atoms with E-state index in [4.69, 9.17) is 11.6 Å². The summed E-state index contributed by atoms with van der Waals surface area (Å²) in [5.41, 5.74) is 0.438. The summed E-state index contributed by atoms with van der Waals surface area (Å²) in [6.45, 7) is 1.53. The summed E-state index contributed by atoms with van der Waals surface area (Å²) in [5.74, 6) is -1.28. The van der Waals surface area contributed by atoms with E-state index in [0.717, 1.165) is 0 Å². The SMILES string of the molecule is COC(=O)C1=C(C)NC(=O)N[C@@H]1c1c(F)cccc1Cl. The Morgan fingerprint density at radius 2 is 2.15 bits per heavy atom. The van der Waals surface area contributed by atoms with Crippen LogP contribution in [-0.4, -0.2) is 19.1 Å². The Morgan fingerprint density at radius 1 is 1.45 bits per heavy atom. The number of hydrogen-bond donors (Lipinski definition) is 2. The molecule has 1 aromatic carbocycles. The molecule has 1 aliphatic heterocycles. The van der Waals surface area contributed by atoms with Crippen molar-refractivity contribution in [1.29, 1.82) is 0 Å². The second kappa shape index (κ2) is 5.50. The summed E-state index contributed by atoms with van der Waals surface area (Å²) in [7, 11) is 1.21. The summed E-state index contributed by atoms with van der Waals surface area (Å²) < 4.78 is 18.7. The number of methoxy groups -OCH3 is 1. The van der Waals surface area contributed by atoms with E-state index in [1.165, 1.54) is 32.2 Å². The number of rotatable bonds is 2. The van der Waals surface area contributed by atoms with E-state index in [1.54, 1.807) is 0 Å². The molecule has 1 heterocycles. The predicted octanol–water partition coefficient (Wildman–Crippen LogP) is 2.28. The van der Waals surface area contributed by atoms with Crippen molar-refractivity contribution in [3.63, 3.8) is 0 Å². The third kappa shape index (κ3) is 2.46. The number of allylic oxidation sites excluding steroid dienone is 1. The van der Waals surface area contributed by atoms with Crippen molar-refractivity contribution in [2.75, 3.05) is 7.11 Å². The van der Waals surface area contributed by atoms with Crippen molar-refractivity contribution in [3.8, 4) is 0 Å². The molecule has 0 unspecified atom stereocenters. The van der Waals surface area contributed by atoms with Crippen LogP contribution >= 0.6 is 11.6 Å². The maximum absolute atomic E-state index is 14.0. The molecular weight excluding hydrogens is 287 g/mol. The van der Waals surface area contributed by atoms with Crippen LogP contribution in [0.15, 0.2) is 29.5 Å². The van der Waals surface area contributed by atoms with E-state index >= 15 is 0 Å². The Labute approximate surface area is 119 Å². The van der Waals surface area contributed by atoms with Gasteiger partial charge in [-0.05, 0) is 19.1 Å². The average molecular weight is 299 g/mol. The van der Waals surface area contributed by atoms with Crippen LogP contribution in [0.4, 0.5) is 9.18 Å². The van der Waals surface area contributed by atoms with Crippen LogP contribution in [0.3, 0.4) is 0 Å². The Morgan fingerprint density at radius 3 is 2.75 bits per heavy atom. The first kappa shape index (κ1) is 14.3. The van der Waals surface area contributed by atoms with Gasteiger partial charge in [-0.15, -0.1) is 0 Å². The van der Waals surface area contributed by atoms with Gasteiger partial charge in [-0.1, -0.05) is 17.7 Å². The van der Waals surface area contributed by atoms with Crippen LogP contribution in [0, 0.1) is 5.82 Å². The molecular formula is C13H12ClFN2O3. The minimum Gasteiger partial charge on any atom is -0.466 e. The maximum Gasteiger partial charge on any atom is 0.337 e. The standard InChI is InChI=1S/C13H12ClFN2O3/c1-6-9(12(18)20-2)11(17-13(19)16-6)10-7(14)4-3-5-8(10)15/h3-5,11H,1-2H3,(H2,16,17,19)/t11-/m0/s1. The molecule has 1 atom stereocenters. The number of carbonyl (C=O) groups excluding carboxylic acids is 2. The second-order valence-electron chi connectivity index (χ2n) is 4.20. The lowest BCUT2D eigenvalue weighted by atomic mass is 9.95. The number of ether oxygens (including phenoxy) is 1. The Balaban J connectivity index is 2.60. The smallest absolute Gasteiger partial charge is 0.337 e. The summed E-state index contributed by atoms with van der Waals surface area (Å²) in [6, 6.07) is 2.60. The lowest BCUT2D eigenvalue weighted by Gasteiger charge is -2.28. The highest BCUT2D eigenvalue weighted by Crippen LogP contribution is 2.33. The molecule has 7 heteroatoms. The van der Waals surface area contributed by atoms with Crippen molar-refractivity contribution in [1.82, 2.24) is 10.6 Å². The fourth-order valence-electron chi connectivity index (χ4n) is 2.08. The minimum absolute atomic E-state index is 0.0313. The summed E-state index contributed by atoms with van der Waals surface area (Å²) in [5, 5.41) is 5.04. The molecule has 0 radical (unpaired) electrons. The second-order valence-corrected chi connectivity index (χ2v) is 4.60. The summed E-state index contributed by atoms with van der Waals surface area (Å²) in [6.07, 6.45) is 0. The molecule has 5 nitrogen and oxygen atoms in total. The number of esters is 1. The Kier molecular flexibility index (Phi) is 3.94. The largest absolute Gasteiger partial charge is 0.466 e. The number of amides is 2. The molecule has 0 spiro atoms. The van der Waals surface area contributed by atoms with Crippen molar-refractivity contribution in [3.05, 3.63) is 45.9 Å². The number of nitrogens with one attached hydrogen (secondary N) is 2. The number of urea groups is 1. The summed E-state index contributed by atoms with van der Waals surface area (Å²) in [4.78, 5) is 23.4. The maximum atomic E-state index is 14.0. The highest BCUT2D eigenvalue weighted by atomic mass is 35.5. The molecule has 0 saturated heterocycles. The third-order valence-corrected chi connectivity index (χ3v) is 3.29. The van der Waals surface area contributed by atoms with Gasteiger partial charge in [0.05, 0.1) is 18.7 Å². The van der Waals surface area contributed by atoms with Gasteiger partial charge < -0.3 is 15.4 Å². The van der Waals surface area contributed by atoms with Gasteiger partial charge in [0.15, 0.2) is 0 Å². The van der Waals surface area contributed by atoms with Gasteiger partial charge in [0.1, 0.15) is 5.82 Å². The van der Waals surface area contributed by atoms with Crippen LogP contribution in [0.25, 0.3) is 0 Å². The van der Waals surface area contributed by atoms with Gasteiger partial charge in [-0.3, -0.25) is 0 Å². The minimum atomic E-state index is -0.995. The average Bonchev–Trinajstić information content (AvgIpc) is 2.37. The van der Waals surface area contributed by atoms with Crippen molar-refractivity contribution in [2.45, 2.75) is 13.0 Å². The van der Waals surface area contributed by atoms with Gasteiger partial charge in [-0.25, -0.2) is 14.0 Å². The molecule has 2 N–H and O–H groups in total. The molecule has 106 valence electrons. The highest BCUT2D eigenvalue weighted by molar-refractivity contribution is 6.31. The molecule has 1 aliphatic rings. The monoisotopic (exact) mass is 298 g/mol. The number of benzene rings is 1. The first-order valence-corrected chi connectivity index (χ1v) is 6.14. The number of halogens is 2. The molecule has 2 amide bonds. The van der Waals surface area contributed by atoms with Crippen LogP contribution in [-0.2, 0) is 9.53 Å². The van der Waals surface area contributed by atoms with Crippen LogP contribution < -0.4 is 10.6 Å². The molecule has 2 rings (SSSR count). The fraction of sp³-hybridized carbons (Fsp3) is 0.231. The molecule has 20 heavy (non-hydrogen) atoms. The van der Waals surface area contributed by atoms with E-state index in [1.807, 2.05) is 0 Å². The fourth-order valence-corrected chi connectivity index (χ4v) is 2.35. The highest BCUT2D eigenvalue weighted by Gasteiger charge is 2.34. The van der Waals surface area contributed by atoms with Crippen molar-refractivity contribution < 1.29 is 18.7 Å². The first-order valence-electron chi connectivity index (χ1n) is 5.76. The number of carbonyl (C=O) groups is 2. The predicted molar refractivity (Wildman–Crippen MR) is 70.5 cm³/mol. The third-order valence-electron chi connectivity index (χ3n) is 2.96. The zero-order valence-electron chi connectivity index (χ0n) is 10.8. The van der Waals surface area contributed by atoms with E-state index < -0.39 is 23.9 Å². The number of hydrogen-bond acceptors (Lipinski definition) is 3. The van der Waals surface area contributed by atoms with Crippen LogP contribution in [0.2, 0.25) is 5.02 Å². The zero-order valence-corrected chi connectivity index (χ0v) is 11.5. The van der Waals surface area contributed by atoms with Gasteiger partial charge in [0, 0.05) is 16.3 Å². The van der Waals surface area contributed by atoms with Gasteiger partial charge >= 0.3 is 12.0 Å². The lowest BCUT2D eigenvalue weighted by molar-refractivity contribution is -0.136. The first-order chi connectivity index (χ1) is 9.45. The normalized spacial score (nSPS) is 18.4. The lowest BCUT2D eigenvalue weighted by Crippen LogP contribution is -2.45. The molecule has 0 aromatic heterocycles. The Bertz CT molecular complexity index is 595. The van der Waals surface area contributed by atoms with Gasteiger partial charge in [-0.2, -0.15) is 0 Å². The molecule has 0 aliphatic carbocycles. The van der Waals surface area contributed by atoms with Crippen molar-refractivity contribution >= 4 is 23.6 Å². The quantitative estimate of drug-likeness (QED) is 0.823.